The molecule has 0 bridgehead atoms. The monoisotopic (exact) mass is 291 g/mol. The maximum atomic E-state index is 13.5. The number of nitrogens with two attached hydrogens (primary N) is 2. The molecular weight excluding hydrogens is 269 g/mol. The van der Waals surface area contributed by atoms with Gasteiger partial charge in [0.1, 0.15) is 17.5 Å². The molecule has 0 atom stereocenters. The van der Waals surface area contributed by atoms with Crippen LogP contribution in [0.4, 0.5) is 4.39 Å². The maximum absolute atomic E-state index is 13.5. The van der Waals surface area contributed by atoms with Crippen LogP contribution in [0, 0.1) is 11.2 Å². The van der Waals surface area contributed by atoms with Crippen LogP contribution >= 0.6 is 0 Å². The van der Waals surface area contributed by atoms with Crippen LogP contribution in [0.5, 0.6) is 0 Å². The molecule has 0 aliphatic carbocycles. The largest absolute Gasteiger partial charge is 0.384 e. The smallest absolute Gasteiger partial charge is 0.139 e. The lowest BCUT2D eigenvalue weighted by molar-refractivity contribution is 0.348. The molecule has 114 valence electrons. The molecule has 6 heteroatoms. The summed E-state index contributed by atoms with van der Waals surface area (Å²) in [6, 6.07) is 6.31. The van der Waals surface area contributed by atoms with Crippen LogP contribution in [-0.4, -0.2) is 16.6 Å². The van der Waals surface area contributed by atoms with Crippen LogP contribution in [0.3, 0.4) is 0 Å². The zero-order chi connectivity index (χ0) is 16.4. The van der Waals surface area contributed by atoms with Crippen LogP contribution in [0.1, 0.15) is 19.4 Å². The Hall–Kier alpha value is -2.63. The number of allylic oxidation sites excluding steroid dienone is 1. The van der Waals surface area contributed by atoms with E-state index >= 15 is 0 Å². The first-order chi connectivity index (χ1) is 9.83. The third-order valence-corrected chi connectivity index (χ3v) is 2.27. The summed E-state index contributed by atoms with van der Waals surface area (Å²) < 4.78 is 13.5. The molecule has 1 aromatic carbocycles. The summed E-state index contributed by atoms with van der Waals surface area (Å²) in [6.07, 6.45) is 1.75. The summed E-state index contributed by atoms with van der Waals surface area (Å²) in [5, 5.41) is 12.6. The Labute approximate surface area is 124 Å². The van der Waals surface area contributed by atoms with Gasteiger partial charge in [0, 0.05) is 5.56 Å². The Kier molecular flexibility index (Phi) is 8.14. The Balaban J connectivity index is 0.00000122. The fourth-order valence-electron chi connectivity index (χ4n) is 1.22. The first-order valence-electron chi connectivity index (χ1n) is 6.25. The average Bonchev–Trinajstić information content (AvgIpc) is 2.40. The van der Waals surface area contributed by atoms with Crippen molar-refractivity contribution >= 4 is 11.5 Å². The average molecular weight is 291 g/mol. The molecular formula is C15H22FN5. The second-order valence-corrected chi connectivity index (χ2v) is 4.15. The number of hydrogen-bond donors (Lipinski definition) is 3. The van der Waals surface area contributed by atoms with Gasteiger partial charge < -0.3 is 11.5 Å². The Morgan fingerprint density at radius 2 is 1.95 bits per heavy atom. The van der Waals surface area contributed by atoms with E-state index in [-0.39, 0.29) is 29.7 Å². The van der Waals surface area contributed by atoms with Gasteiger partial charge in [0.05, 0.1) is 12.3 Å². The maximum Gasteiger partial charge on any atom is 0.139 e. The van der Waals surface area contributed by atoms with Crippen LogP contribution < -0.4 is 11.5 Å². The van der Waals surface area contributed by atoms with Gasteiger partial charge in [-0.05, 0) is 19.9 Å². The van der Waals surface area contributed by atoms with Crippen molar-refractivity contribution in [3.63, 3.8) is 0 Å². The summed E-state index contributed by atoms with van der Waals surface area (Å²) >= 11 is 0. The van der Waals surface area contributed by atoms with Crippen molar-refractivity contribution in [3.8, 4) is 0 Å². The summed E-state index contributed by atoms with van der Waals surface area (Å²) in [4.78, 5) is 0. The van der Waals surface area contributed by atoms with E-state index in [1.54, 1.807) is 31.2 Å². The van der Waals surface area contributed by atoms with Crippen molar-refractivity contribution in [1.82, 2.24) is 5.01 Å². The number of rotatable bonds is 5. The van der Waals surface area contributed by atoms with Crippen LogP contribution in [-0.2, 0) is 6.54 Å². The molecule has 0 aromatic heterocycles. The SMILES string of the molecule is C=C(N)N(Cc1ccccc1F)/N=C(\C)C(=N)N.C=CC. The molecule has 1 rings (SSSR count). The van der Waals surface area contributed by atoms with Gasteiger partial charge in [0.15, 0.2) is 0 Å². The van der Waals surface area contributed by atoms with Gasteiger partial charge in [-0.1, -0.05) is 30.9 Å². The van der Waals surface area contributed by atoms with Gasteiger partial charge >= 0.3 is 0 Å². The molecule has 0 unspecified atom stereocenters. The fraction of sp³-hybridized carbons (Fsp3) is 0.200. The fourth-order valence-corrected chi connectivity index (χ4v) is 1.22. The molecule has 0 aliphatic rings. The first-order valence-corrected chi connectivity index (χ1v) is 6.25. The van der Waals surface area contributed by atoms with Gasteiger partial charge in [-0.3, -0.25) is 5.41 Å². The molecule has 5 nitrogen and oxygen atoms in total. The van der Waals surface area contributed by atoms with Gasteiger partial charge in [-0.25, -0.2) is 9.40 Å². The molecule has 5 N–H and O–H groups in total. The van der Waals surface area contributed by atoms with Gasteiger partial charge in [0.2, 0.25) is 0 Å². The molecule has 21 heavy (non-hydrogen) atoms. The van der Waals surface area contributed by atoms with E-state index in [2.05, 4.69) is 18.3 Å². The van der Waals surface area contributed by atoms with E-state index < -0.39 is 0 Å². The van der Waals surface area contributed by atoms with Crippen molar-refractivity contribution in [1.29, 1.82) is 5.41 Å². The molecule has 0 spiro atoms. The summed E-state index contributed by atoms with van der Waals surface area (Å²) in [6.45, 7) is 10.5. The molecule has 0 amide bonds. The van der Waals surface area contributed by atoms with E-state index in [4.69, 9.17) is 16.9 Å². The summed E-state index contributed by atoms with van der Waals surface area (Å²) in [5.41, 5.74) is 11.6. The lowest BCUT2D eigenvalue weighted by Crippen LogP contribution is -2.27. The Morgan fingerprint density at radius 3 is 2.38 bits per heavy atom. The van der Waals surface area contributed by atoms with Gasteiger partial charge in [-0.15, -0.1) is 6.58 Å². The van der Waals surface area contributed by atoms with Crippen molar-refractivity contribution in [3.05, 3.63) is 60.7 Å². The number of hydrogen-bond acceptors (Lipinski definition) is 4. The second-order valence-electron chi connectivity index (χ2n) is 4.15. The number of halogens is 1. The molecule has 0 heterocycles. The molecule has 1 aromatic rings. The lowest BCUT2D eigenvalue weighted by atomic mass is 10.2. The second kappa shape index (κ2) is 9.30. The Morgan fingerprint density at radius 1 is 1.43 bits per heavy atom. The highest BCUT2D eigenvalue weighted by Gasteiger charge is 2.09. The van der Waals surface area contributed by atoms with Crippen LogP contribution in [0.2, 0.25) is 0 Å². The molecule has 0 saturated carbocycles. The van der Waals surface area contributed by atoms with E-state index in [1.165, 1.54) is 11.1 Å². The predicted octanol–water partition coefficient (Wildman–Crippen LogP) is 2.56. The van der Waals surface area contributed by atoms with Crippen LogP contribution in [0.15, 0.2) is 54.4 Å². The van der Waals surface area contributed by atoms with E-state index in [1.807, 2.05) is 6.92 Å². The number of benzene rings is 1. The third kappa shape index (κ3) is 6.91. The van der Waals surface area contributed by atoms with Gasteiger partial charge in [-0.2, -0.15) is 5.10 Å². The topological polar surface area (TPSA) is 91.5 Å². The van der Waals surface area contributed by atoms with Crippen molar-refractivity contribution in [2.45, 2.75) is 20.4 Å². The minimum Gasteiger partial charge on any atom is -0.384 e. The lowest BCUT2D eigenvalue weighted by Gasteiger charge is -2.19. The number of nitrogens with one attached hydrogen (secondary N) is 1. The van der Waals surface area contributed by atoms with E-state index in [0.717, 1.165) is 0 Å². The predicted molar refractivity (Wildman–Crippen MR) is 86.2 cm³/mol. The highest BCUT2D eigenvalue weighted by Crippen LogP contribution is 2.12. The first kappa shape index (κ1) is 18.4. The van der Waals surface area contributed by atoms with E-state index in [9.17, 15) is 4.39 Å². The van der Waals surface area contributed by atoms with Crippen molar-refractivity contribution in [2.24, 2.45) is 16.6 Å². The summed E-state index contributed by atoms with van der Waals surface area (Å²) in [5.74, 6) is -0.368. The van der Waals surface area contributed by atoms with E-state index in [0.29, 0.717) is 5.56 Å². The minimum atomic E-state index is -0.348. The quantitative estimate of drug-likeness (QED) is 0.337. The molecule has 0 radical (unpaired) electrons. The number of hydrazone groups is 1. The molecule has 0 fully saturated rings. The Bertz CT molecular complexity index is 537. The molecule has 0 aliphatic heterocycles. The normalized spacial score (nSPS) is 10.1. The standard InChI is InChI=1S/C12H16FN5.C3H6/c1-8(12(15)16)17-18(9(2)14)7-10-5-3-4-6-11(10)13;1-3-2/h3-6H,2,7,14H2,1H3,(H3,15,16);3H,1H2,2H3/b17-8+;. The van der Waals surface area contributed by atoms with Crippen molar-refractivity contribution in [2.75, 3.05) is 0 Å². The number of amidine groups is 1. The van der Waals surface area contributed by atoms with Crippen molar-refractivity contribution < 1.29 is 4.39 Å². The summed E-state index contributed by atoms with van der Waals surface area (Å²) in [7, 11) is 0. The van der Waals surface area contributed by atoms with Crippen LogP contribution in [0.25, 0.3) is 0 Å². The highest BCUT2D eigenvalue weighted by molar-refractivity contribution is 6.38. The zero-order valence-corrected chi connectivity index (χ0v) is 12.4. The van der Waals surface area contributed by atoms with Gasteiger partial charge in [0.25, 0.3) is 0 Å². The highest BCUT2D eigenvalue weighted by atomic mass is 19.1. The minimum absolute atomic E-state index is 0.132. The molecule has 0 saturated heterocycles. The zero-order valence-electron chi connectivity index (χ0n) is 12.4. The third-order valence-electron chi connectivity index (χ3n) is 2.27. The number of nitrogens with zero attached hydrogens (tertiary/aromatic N) is 2.